The fourth-order valence-electron chi connectivity index (χ4n) is 2.45. The van der Waals surface area contributed by atoms with Gasteiger partial charge in [0.25, 0.3) is 0 Å². The molecule has 1 atom stereocenters. The fraction of sp³-hybridized carbons (Fsp3) is 0.600. The molecule has 2 aromatic heterocycles. The first-order chi connectivity index (χ1) is 9.78. The molecule has 20 heavy (non-hydrogen) atoms. The zero-order chi connectivity index (χ0) is 13.9. The Morgan fingerprint density at radius 1 is 1.50 bits per heavy atom. The lowest BCUT2D eigenvalue weighted by atomic mass is 9.83. The van der Waals surface area contributed by atoms with Crippen LogP contribution in [0.5, 0.6) is 0 Å². The molecule has 108 valence electrons. The molecule has 1 aliphatic carbocycles. The van der Waals surface area contributed by atoms with Crippen molar-refractivity contribution in [3.63, 3.8) is 0 Å². The summed E-state index contributed by atoms with van der Waals surface area (Å²) in [5.74, 6) is 1.68. The Morgan fingerprint density at radius 3 is 3.00 bits per heavy atom. The number of oxazole rings is 1. The van der Waals surface area contributed by atoms with Crippen molar-refractivity contribution in [3.8, 4) is 0 Å². The largest absolute Gasteiger partial charge is 0.448 e. The van der Waals surface area contributed by atoms with Crippen LogP contribution in [0.15, 0.2) is 16.2 Å². The van der Waals surface area contributed by atoms with Gasteiger partial charge in [-0.1, -0.05) is 13.3 Å². The molecule has 4 nitrogen and oxygen atoms in total. The van der Waals surface area contributed by atoms with Crippen LogP contribution in [0.25, 0.3) is 0 Å². The van der Waals surface area contributed by atoms with E-state index in [1.807, 2.05) is 0 Å². The van der Waals surface area contributed by atoms with Gasteiger partial charge < -0.3 is 9.73 Å². The second-order valence-electron chi connectivity index (χ2n) is 5.41. The van der Waals surface area contributed by atoms with Crippen LogP contribution in [0.1, 0.15) is 67.2 Å². The second-order valence-corrected chi connectivity index (χ2v) is 6.36. The fourth-order valence-corrected chi connectivity index (χ4v) is 3.29. The lowest BCUT2D eigenvalue weighted by Gasteiger charge is -2.23. The highest BCUT2D eigenvalue weighted by molar-refractivity contribution is 7.09. The summed E-state index contributed by atoms with van der Waals surface area (Å²) in [6.07, 6.45) is 6.38. The van der Waals surface area contributed by atoms with E-state index in [1.54, 1.807) is 17.7 Å². The second kappa shape index (κ2) is 6.06. The summed E-state index contributed by atoms with van der Waals surface area (Å²) in [5, 5.41) is 6.85. The van der Waals surface area contributed by atoms with E-state index in [0.717, 1.165) is 30.1 Å². The Balaban J connectivity index is 1.60. The first kappa shape index (κ1) is 13.8. The average Bonchev–Trinajstić information content (AvgIpc) is 3.03. The van der Waals surface area contributed by atoms with Crippen molar-refractivity contribution < 1.29 is 4.42 Å². The van der Waals surface area contributed by atoms with E-state index in [4.69, 9.17) is 4.42 Å². The predicted molar refractivity (Wildman–Crippen MR) is 79.8 cm³/mol. The quantitative estimate of drug-likeness (QED) is 0.879. The number of hydrogen-bond donors (Lipinski definition) is 1. The van der Waals surface area contributed by atoms with Crippen molar-refractivity contribution in [2.24, 2.45) is 0 Å². The third-order valence-corrected chi connectivity index (χ3v) is 5.05. The van der Waals surface area contributed by atoms with Gasteiger partial charge in [0, 0.05) is 23.9 Å². The highest BCUT2D eigenvalue weighted by atomic mass is 32.1. The Bertz CT molecular complexity index is 559. The average molecular weight is 291 g/mol. The molecule has 0 spiro atoms. The molecule has 1 unspecified atom stereocenters. The van der Waals surface area contributed by atoms with E-state index in [0.29, 0.717) is 5.92 Å². The minimum Gasteiger partial charge on any atom is -0.448 e. The molecule has 1 aliphatic rings. The van der Waals surface area contributed by atoms with E-state index in [2.05, 4.69) is 34.5 Å². The van der Waals surface area contributed by atoms with Crippen molar-refractivity contribution in [1.29, 1.82) is 0 Å². The van der Waals surface area contributed by atoms with Gasteiger partial charge in [-0.25, -0.2) is 9.97 Å². The van der Waals surface area contributed by atoms with Gasteiger partial charge in [-0.2, -0.15) is 0 Å². The van der Waals surface area contributed by atoms with E-state index in [-0.39, 0.29) is 6.04 Å². The third-order valence-electron chi connectivity index (χ3n) is 4.04. The lowest BCUT2D eigenvalue weighted by molar-refractivity contribution is 0.341. The highest BCUT2D eigenvalue weighted by Crippen LogP contribution is 2.37. The van der Waals surface area contributed by atoms with Gasteiger partial charge in [-0.3, -0.25) is 0 Å². The Kier molecular flexibility index (Phi) is 4.17. The first-order valence-corrected chi connectivity index (χ1v) is 8.25. The van der Waals surface area contributed by atoms with E-state index in [9.17, 15) is 0 Å². The molecule has 0 aliphatic heterocycles. The Labute approximate surface area is 123 Å². The maximum Gasteiger partial charge on any atom is 0.181 e. The highest BCUT2D eigenvalue weighted by Gasteiger charge is 2.26. The van der Waals surface area contributed by atoms with E-state index < -0.39 is 0 Å². The van der Waals surface area contributed by atoms with Crippen molar-refractivity contribution in [1.82, 2.24) is 15.3 Å². The van der Waals surface area contributed by atoms with Crippen LogP contribution < -0.4 is 5.32 Å². The van der Waals surface area contributed by atoms with Crippen LogP contribution in [0.3, 0.4) is 0 Å². The number of nitrogens with zero attached hydrogens (tertiary/aromatic N) is 2. The summed E-state index contributed by atoms with van der Waals surface area (Å²) in [5.41, 5.74) is 2.19. The predicted octanol–water partition coefficient (Wildman–Crippen LogP) is 3.81. The van der Waals surface area contributed by atoms with Gasteiger partial charge in [0.1, 0.15) is 5.76 Å². The van der Waals surface area contributed by atoms with Crippen LogP contribution >= 0.6 is 11.3 Å². The van der Waals surface area contributed by atoms with Crippen LogP contribution in [-0.4, -0.2) is 9.97 Å². The smallest absolute Gasteiger partial charge is 0.181 e. The maximum atomic E-state index is 5.56. The van der Waals surface area contributed by atoms with Crippen molar-refractivity contribution >= 4 is 11.3 Å². The number of rotatable bonds is 6. The first-order valence-electron chi connectivity index (χ1n) is 7.37. The molecule has 1 N–H and O–H groups in total. The standard InChI is InChI=1S/C15H21N3OS/c1-3-14-18-13(8-20-14)10(2)16-7-12-15(19-9-17-12)11-5-4-6-11/h8-11,16H,3-7H2,1-2H3. The van der Waals surface area contributed by atoms with Gasteiger partial charge in [0.15, 0.2) is 6.39 Å². The van der Waals surface area contributed by atoms with Gasteiger partial charge in [-0.15, -0.1) is 11.3 Å². The Morgan fingerprint density at radius 2 is 2.35 bits per heavy atom. The summed E-state index contributed by atoms with van der Waals surface area (Å²) >= 11 is 1.74. The number of nitrogens with one attached hydrogen (secondary N) is 1. The van der Waals surface area contributed by atoms with Crippen LogP contribution in [0, 0.1) is 0 Å². The van der Waals surface area contributed by atoms with Gasteiger partial charge >= 0.3 is 0 Å². The third kappa shape index (κ3) is 2.79. The summed E-state index contributed by atoms with van der Waals surface area (Å²) in [4.78, 5) is 8.98. The summed E-state index contributed by atoms with van der Waals surface area (Å²) in [6.45, 7) is 5.04. The number of hydrogen-bond acceptors (Lipinski definition) is 5. The van der Waals surface area contributed by atoms with Crippen LogP contribution in [-0.2, 0) is 13.0 Å². The summed E-state index contributed by atoms with van der Waals surface area (Å²) in [6, 6.07) is 0.248. The van der Waals surface area contributed by atoms with Gasteiger partial charge in [0.2, 0.25) is 0 Å². The molecular formula is C15H21N3OS. The molecular weight excluding hydrogens is 270 g/mol. The molecule has 0 radical (unpaired) electrons. The lowest BCUT2D eigenvalue weighted by Crippen LogP contribution is -2.20. The number of thiazole rings is 1. The van der Waals surface area contributed by atoms with Crippen LogP contribution in [0.2, 0.25) is 0 Å². The number of aryl methyl sites for hydroxylation is 1. The SMILES string of the molecule is CCc1nc(C(C)NCc2ncoc2C2CCC2)cs1. The monoisotopic (exact) mass is 291 g/mol. The molecule has 0 saturated heterocycles. The molecule has 2 aromatic rings. The number of aromatic nitrogens is 2. The van der Waals surface area contributed by atoms with Crippen molar-refractivity contribution in [3.05, 3.63) is 33.9 Å². The van der Waals surface area contributed by atoms with E-state index in [1.165, 1.54) is 24.3 Å². The van der Waals surface area contributed by atoms with Gasteiger partial charge in [-0.05, 0) is 26.2 Å². The van der Waals surface area contributed by atoms with Crippen molar-refractivity contribution in [2.75, 3.05) is 0 Å². The molecule has 2 heterocycles. The summed E-state index contributed by atoms with van der Waals surface area (Å²) < 4.78 is 5.56. The molecule has 1 saturated carbocycles. The molecule has 0 bridgehead atoms. The zero-order valence-electron chi connectivity index (χ0n) is 12.1. The Hall–Kier alpha value is -1.20. The normalized spacial score (nSPS) is 17.1. The maximum absolute atomic E-state index is 5.56. The van der Waals surface area contributed by atoms with Crippen molar-refractivity contribution in [2.45, 2.75) is 58.0 Å². The van der Waals surface area contributed by atoms with Gasteiger partial charge in [0.05, 0.1) is 16.4 Å². The molecule has 3 rings (SSSR count). The van der Waals surface area contributed by atoms with Crippen LogP contribution in [0.4, 0.5) is 0 Å². The molecule has 5 heteroatoms. The minimum atomic E-state index is 0.248. The molecule has 1 fully saturated rings. The van der Waals surface area contributed by atoms with E-state index >= 15 is 0 Å². The zero-order valence-corrected chi connectivity index (χ0v) is 12.9. The molecule has 0 amide bonds. The molecule has 0 aromatic carbocycles. The minimum absolute atomic E-state index is 0.248. The summed E-state index contributed by atoms with van der Waals surface area (Å²) in [7, 11) is 0. The topological polar surface area (TPSA) is 51.0 Å².